The van der Waals surface area contributed by atoms with Gasteiger partial charge in [-0.05, 0) is 93.9 Å². The molecule has 392 valence electrons. The molecule has 4 aromatic rings. The van der Waals surface area contributed by atoms with Crippen LogP contribution in [0.5, 0.6) is 0 Å². The van der Waals surface area contributed by atoms with E-state index in [2.05, 4.69) is 177 Å². The number of esters is 4. The highest BCUT2D eigenvalue weighted by Crippen LogP contribution is 2.74. The van der Waals surface area contributed by atoms with Crippen molar-refractivity contribution in [3.8, 4) is 0 Å². The van der Waals surface area contributed by atoms with Gasteiger partial charge in [-0.2, -0.15) is 0 Å². The van der Waals surface area contributed by atoms with E-state index < -0.39 is 21.7 Å². The van der Waals surface area contributed by atoms with Crippen molar-refractivity contribution in [3.63, 3.8) is 0 Å². The molecule has 10 aliphatic rings. The third-order valence-electron chi connectivity index (χ3n) is 17.6. The molecule has 4 bridgehead atoms. The molecule has 2 fully saturated rings. The Bertz CT molecular complexity index is 2730. The van der Waals surface area contributed by atoms with Crippen molar-refractivity contribution in [2.75, 3.05) is 26.4 Å². The fourth-order valence-electron chi connectivity index (χ4n) is 15.1. The molecule has 2 saturated carbocycles. The average Bonchev–Trinajstić information content (AvgIpc) is 3.61. The van der Waals surface area contributed by atoms with Crippen molar-refractivity contribution in [2.45, 2.75) is 105 Å². The van der Waals surface area contributed by atoms with E-state index in [1.165, 1.54) is 0 Å². The van der Waals surface area contributed by atoms with Gasteiger partial charge < -0.3 is 18.9 Å². The van der Waals surface area contributed by atoms with Crippen molar-refractivity contribution in [1.82, 2.24) is 0 Å². The van der Waals surface area contributed by atoms with Gasteiger partial charge in [0.25, 0.3) is 0 Å². The molecule has 0 radical (unpaired) electrons. The lowest BCUT2D eigenvalue weighted by molar-refractivity contribution is -0.149. The van der Waals surface area contributed by atoms with E-state index in [1.54, 1.807) is 0 Å². The molecule has 0 saturated heterocycles. The molecule has 8 atom stereocenters. The van der Waals surface area contributed by atoms with Gasteiger partial charge in [-0.15, -0.1) is 0 Å². The first-order valence-electron chi connectivity index (χ1n) is 27.8. The van der Waals surface area contributed by atoms with Crippen molar-refractivity contribution < 1.29 is 38.1 Å². The zero-order valence-electron chi connectivity index (χ0n) is 45.4. The Balaban J connectivity index is 0.000000162. The second kappa shape index (κ2) is 19.6. The molecule has 8 heteroatoms. The SMILES string of the molecule is CC(C)CC1=C2[C@@H](c3ccccc3)[C@@]34C=C[C@]2(COC1=O)[C@H](c1ccccc1)C3=C(CC(C)C)C(=O)OC4.CC(C)CC1=C2[C@H](c3ccccc3)[C@]34C=C[C@@]2(COC1=O)[C@@H](c1ccccc1)C3=C(CC(C)C)C(=O)OC4. The highest BCUT2D eigenvalue weighted by molar-refractivity contribution is 5.96. The van der Waals surface area contributed by atoms with Gasteiger partial charge in [0.15, 0.2) is 0 Å². The van der Waals surface area contributed by atoms with Gasteiger partial charge >= 0.3 is 23.9 Å². The van der Waals surface area contributed by atoms with Crippen LogP contribution in [0.3, 0.4) is 0 Å². The molecule has 0 N–H and O–H groups in total. The van der Waals surface area contributed by atoms with E-state index >= 15 is 0 Å². The summed E-state index contributed by atoms with van der Waals surface area (Å²) in [6.07, 6.45) is 11.8. The first-order valence-corrected chi connectivity index (χ1v) is 27.8. The number of rotatable bonds is 12. The second-order valence-corrected chi connectivity index (χ2v) is 24.5. The van der Waals surface area contributed by atoms with E-state index in [-0.39, 0.29) is 74.0 Å². The summed E-state index contributed by atoms with van der Waals surface area (Å²) in [7, 11) is 0. The second-order valence-electron chi connectivity index (χ2n) is 24.5. The van der Waals surface area contributed by atoms with E-state index in [0.29, 0.717) is 49.4 Å². The first kappa shape index (κ1) is 51.3. The van der Waals surface area contributed by atoms with Crippen LogP contribution in [0.1, 0.15) is 127 Å². The summed E-state index contributed by atoms with van der Waals surface area (Å²) in [5.74, 6) is -0.0737. The van der Waals surface area contributed by atoms with Gasteiger partial charge in [0.1, 0.15) is 26.4 Å². The minimum atomic E-state index is -0.559. The standard InChI is InChI=1S/2C34H36O4/c2*1-21(2)17-25-29-27(23-11-7-5-8-12-23)34-16-15-33(29,19-37-31(25)35)28(24-13-9-6-10-14-24)30(34)26(18-22(3)4)32(36)38-20-34/h2*5-16,21-22,27-28H,17-20H2,1-4H3/t2*27-,28-,33+,34+/m10/s1. The zero-order valence-corrected chi connectivity index (χ0v) is 45.4. The molecular formula is C68H72O8. The highest BCUT2D eigenvalue weighted by atomic mass is 16.5. The van der Waals surface area contributed by atoms with Gasteiger partial charge in [-0.1, -0.05) is 201 Å². The largest absolute Gasteiger partial charge is 0.461 e. The molecule has 0 unspecified atom stereocenters. The Kier molecular flexibility index (Phi) is 13.3. The molecular weight excluding hydrogens is 945 g/mol. The third kappa shape index (κ3) is 8.06. The number of hydrogen-bond acceptors (Lipinski definition) is 8. The van der Waals surface area contributed by atoms with E-state index in [9.17, 15) is 19.2 Å². The van der Waals surface area contributed by atoms with E-state index in [1.807, 2.05) is 24.3 Å². The molecule has 0 aromatic heterocycles. The highest BCUT2D eigenvalue weighted by Gasteiger charge is 2.69. The number of ether oxygens (including phenoxy) is 4. The number of carbonyl (C=O) groups is 4. The van der Waals surface area contributed by atoms with Crippen molar-refractivity contribution in [3.05, 3.63) is 212 Å². The molecule has 4 spiro atoms. The fourth-order valence-corrected chi connectivity index (χ4v) is 15.1. The van der Waals surface area contributed by atoms with Crippen LogP contribution in [-0.4, -0.2) is 50.3 Å². The van der Waals surface area contributed by atoms with Crippen LogP contribution in [-0.2, 0) is 38.1 Å². The van der Waals surface area contributed by atoms with Gasteiger partial charge in [0.05, 0.1) is 21.7 Å². The lowest BCUT2D eigenvalue weighted by atomic mass is 9.41. The van der Waals surface area contributed by atoms with Crippen LogP contribution in [0.15, 0.2) is 190 Å². The molecule has 6 aliphatic carbocycles. The number of carbonyl (C=O) groups excluding carboxylic acids is 4. The predicted octanol–water partition coefficient (Wildman–Crippen LogP) is 13.8. The van der Waals surface area contributed by atoms with Crippen LogP contribution in [0, 0.1) is 45.3 Å². The quantitative estimate of drug-likeness (QED) is 0.0785. The van der Waals surface area contributed by atoms with Crippen LogP contribution in [0.4, 0.5) is 0 Å². The van der Waals surface area contributed by atoms with Crippen LogP contribution in [0.2, 0.25) is 0 Å². The predicted molar refractivity (Wildman–Crippen MR) is 295 cm³/mol. The normalized spacial score (nSPS) is 29.9. The van der Waals surface area contributed by atoms with E-state index in [4.69, 9.17) is 18.9 Å². The molecule has 76 heavy (non-hydrogen) atoms. The first-order chi connectivity index (χ1) is 36.6. The van der Waals surface area contributed by atoms with Crippen LogP contribution >= 0.6 is 0 Å². The van der Waals surface area contributed by atoms with Gasteiger partial charge in [0, 0.05) is 46.0 Å². The fraction of sp³-hybridized carbons (Fsp3) is 0.412. The van der Waals surface area contributed by atoms with Crippen LogP contribution < -0.4 is 0 Å². The van der Waals surface area contributed by atoms with Crippen molar-refractivity contribution in [1.29, 1.82) is 0 Å². The summed E-state index contributed by atoms with van der Waals surface area (Å²) in [4.78, 5) is 54.0. The smallest absolute Gasteiger partial charge is 0.334 e. The summed E-state index contributed by atoms with van der Waals surface area (Å²) in [5, 5.41) is 0. The number of hydrogen-bond donors (Lipinski definition) is 0. The molecule has 4 aliphatic heterocycles. The number of benzene rings is 4. The minimum absolute atomic E-state index is 0.111. The molecule has 4 heterocycles. The maximum Gasteiger partial charge on any atom is 0.334 e. The Hall–Kier alpha value is -6.80. The molecule has 8 nitrogen and oxygen atoms in total. The summed E-state index contributed by atoms with van der Waals surface area (Å²) < 4.78 is 24.2. The third-order valence-corrected chi connectivity index (χ3v) is 17.6. The monoisotopic (exact) mass is 1020 g/mol. The molecule has 0 amide bonds. The Morgan fingerprint density at radius 3 is 0.684 bits per heavy atom. The maximum absolute atomic E-state index is 13.5. The van der Waals surface area contributed by atoms with Crippen molar-refractivity contribution >= 4 is 23.9 Å². The summed E-state index contributed by atoms with van der Waals surface area (Å²) in [6, 6.07) is 41.9. The number of cyclic esters (lactones) is 4. The maximum atomic E-state index is 13.5. The Morgan fingerprint density at radius 1 is 0.329 bits per heavy atom. The van der Waals surface area contributed by atoms with Crippen molar-refractivity contribution in [2.24, 2.45) is 45.3 Å². The van der Waals surface area contributed by atoms with Gasteiger partial charge in [-0.25, -0.2) is 19.2 Å². The molecule has 14 rings (SSSR count). The van der Waals surface area contributed by atoms with Gasteiger partial charge in [-0.3, -0.25) is 0 Å². The van der Waals surface area contributed by atoms with Gasteiger partial charge in [0.2, 0.25) is 0 Å². The topological polar surface area (TPSA) is 105 Å². The zero-order chi connectivity index (χ0) is 53.3. The lowest BCUT2D eigenvalue weighted by Gasteiger charge is -2.63. The van der Waals surface area contributed by atoms with Crippen LogP contribution in [0.25, 0.3) is 0 Å². The summed E-state index contributed by atoms with van der Waals surface area (Å²) in [6.45, 7) is 18.3. The summed E-state index contributed by atoms with van der Waals surface area (Å²) >= 11 is 0. The summed E-state index contributed by atoms with van der Waals surface area (Å²) in [5.41, 5.74) is 10.2. The van der Waals surface area contributed by atoms with E-state index in [0.717, 1.165) is 66.8 Å². The average molecular weight is 1020 g/mol. The Morgan fingerprint density at radius 2 is 0.513 bits per heavy atom. The molecule has 4 aromatic carbocycles. The minimum Gasteiger partial charge on any atom is -0.461 e. The lowest BCUT2D eigenvalue weighted by Crippen LogP contribution is -2.59. The Labute approximate surface area is 449 Å².